The smallest absolute Gasteiger partial charge is 0.0683 e. The highest BCUT2D eigenvalue weighted by atomic mass is 14.4. The third kappa shape index (κ3) is 6.97. The predicted octanol–water partition coefficient (Wildman–Crippen LogP) is 13.0. The molecule has 1 aliphatic carbocycles. The van der Waals surface area contributed by atoms with Crippen LogP contribution in [0.5, 0.6) is 0 Å². The van der Waals surface area contributed by atoms with Gasteiger partial charge in [-0.1, -0.05) is 233 Å². The van der Waals surface area contributed by atoms with Crippen LogP contribution in [0, 0.1) is 41.5 Å². The van der Waals surface area contributed by atoms with Gasteiger partial charge in [-0.25, -0.2) is 0 Å². The van der Waals surface area contributed by atoms with E-state index in [4.69, 9.17) is 0 Å². The largest absolute Gasteiger partial charge is 0.242 e. The van der Waals surface area contributed by atoms with Gasteiger partial charge in [-0.15, -0.1) is 0 Å². The van der Waals surface area contributed by atoms with E-state index in [1.807, 2.05) is 0 Å². The Labute approximate surface area is 358 Å². The van der Waals surface area contributed by atoms with E-state index in [1.54, 1.807) is 0 Å². The Balaban J connectivity index is 1.13. The summed E-state index contributed by atoms with van der Waals surface area (Å²) in [4.78, 5) is 0. The maximum Gasteiger partial charge on any atom is 0.242 e. The van der Waals surface area contributed by atoms with E-state index in [9.17, 15) is 0 Å². The number of hydrogen-bond donors (Lipinski definition) is 0. The number of aryl methyl sites for hydroxylation is 6. The topological polar surface area (TPSA) is 0 Å². The third-order valence-corrected chi connectivity index (χ3v) is 13.0. The van der Waals surface area contributed by atoms with Gasteiger partial charge < -0.3 is 0 Å². The molecule has 0 atom stereocenters. The summed E-state index contributed by atoms with van der Waals surface area (Å²) in [7, 11) is 0. The van der Waals surface area contributed by atoms with Crippen LogP contribution in [0.25, 0.3) is 33.4 Å². The third-order valence-electron chi connectivity index (χ3n) is 13.0. The van der Waals surface area contributed by atoms with Gasteiger partial charge >= 0.3 is 0 Å². The normalized spacial score (nSPS) is 12.5. The molecular formula is C59H53B. The Morgan fingerprint density at radius 1 is 0.367 bits per heavy atom. The van der Waals surface area contributed by atoms with Gasteiger partial charge in [0.05, 0.1) is 0 Å². The molecule has 0 spiro atoms. The molecule has 0 N–H and O–H groups in total. The first kappa shape index (κ1) is 39.0. The lowest BCUT2D eigenvalue weighted by Gasteiger charge is -2.27. The highest BCUT2D eigenvalue weighted by Crippen LogP contribution is 2.49. The zero-order valence-electron chi connectivity index (χ0n) is 36.3. The predicted molar refractivity (Wildman–Crippen MR) is 260 cm³/mol. The van der Waals surface area contributed by atoms with Gasteiger partial charge in [0.15, 0.2) is 0 Å². The highest BCUT2D eigenvalue weighted by Gasteiger charge is 2.38. The Hall–Kier alpha value is -6.44. The van der Waals surface area contributed by atoms with E-state index in [0.29, 0.717) is 0 Å². The van der Waals surface area contributed by atoms with Crippen molar-refractivity contribution < 1.29 is 0 Å². The van der Waals surface area contributed by atoms with Crippen LogP contribution < -0.4 is 16.4 Å². The second kappa shape index (κ2) is 15.6. The summed E-state index contributed by atoms with van der Waals surface area (Å²) in [6.45, 7) is 18.6. The van der Waals surface area contributed by atoms with Gasteiger partial charge in [-0.3, -0.25) is 0 Å². The van der Waals surface area contributed by atoms with Crippen LogP contribution in [-0.2, 0) is 5.41 Å². The molecule has 0 fully saturated rings. The molecule has 0 nitrogen and oxygen atoms in total. The molecule has 8 aromatic carbocycles. The average molecular weight is 773 g/mol. The summed E-state index contributed by atoms with van der Waals surface area (Å²) >= 11 is 0. The van der Waals surface area contributed by atoms with E-state index >= 15 is 0 Å². The number of benzene rings is 8. The molecule has 0 saturated heterocycles. The van der Waals surface area contributed by atoms with Crippen molar-refractivity contribution in [3.05, 3.63) is 243 Å². The zero-order valence-corrected chi connectivity index (χ0v) is 36.3. The van der Waals surface area contributed by atoms with Gasteiger partial charge in [0, 0.05) is 5.41 Å². The monoisotopic (exact) mass is 772 g/mol. The van der Waals surface area contributed by atoms with E-state index in [-0.39, 0.29) is 12.1 Å². The fraction of sp³-hybridized carbons (Fsp3) is 0.153. The summed E-state index contributed by atoms with van der Waals surface area (Å²) in [5.74, 6) is 0. The number of hydrogen-bond acceptors (Lipinski definition) is 0. The Kier molecular flexibility index (Phi) is 10.2. The molecule has 0 aromatic heterocycles. The maximum atomic E-state index is 2.54. The van der Waals surface area contributed by atoms with Crippen LogP contribution >= 0.6 is 0 Å². The van der Waals surface area contributed by atoms with Gasteiger partial charge in [-0.2, -0.15) is 0 Å². The average Bonchev–Trinajstić information content (AvgIpc) is 3.47. The van der Waals surface area contributed by atoms with Gasteiger partial charge in [-0.05, 0) is 114 Å². The molecule has 9 rings (SSSR count). The molecule has 0 unspecified atom stereocenters. The molecule has 1 heteroatoms. The lowest BCUT2D eigenvalue weighted by molar-refractivity contribution is 0.661. The van der Waals surface area contributed by atoms with Crippen LogP contribution in [0.3, 0.4) is 0 Å². The van der Waals surface area contributed by atoms with E-state index in [2.05, 4.69) is 231 Å². The molecule has 8 aromatic rings. The van der Waals surface area contributed by atoms with Crippen molar-refractivity contribution in [2.24, 2.45) is 0 Å². The Morgan fingerprint density at radius 2 is 0.733 bits per heavy atom. The fourth-order valence-electron chi connectivity index (χ4n) is 10.4. The molecule has 0 heterocycles. The molecule has 0 aliphatic heterocycles. The first-order valence-electron chi connectivity index (χ1n) is 21.5. The van der Waals surface area contributed by atoms with Crippen molar-refractivity contribution in [1.29, 1.82) is 0 Å². The summed E-state index contributed by atoms with van der Waals surface area (Å²) in [6.07, 6.45) is 0. The molecule has 0 amide bonds. The van der Waals surface area contributed by atoms with Crippen LogP contribution in [0.4, 0.5) is 0 Å². The van der Waals surface area contributed by atoms with E-state index in [0.717, 1.165) is 0 Å². The van der Waals surface area contributed by atoms with Crippen LogP contribution in [0.15, 0.2) is 176 Å². The van der Waals surface area contributed by atoms with Crippen LogP contribution in [0.2, 0.25) is 0 Å². The number of rotatable bonds is 8. The fourth-order valence-corrected chi connectivity index (χ4v) is 10.4. The zero-order chi connectivity index (χ0) is 41.7. The summed E-state index contributed by atoms with van der Waals surface area (Å²) in [5.41, 5.74) is 27.3. The lowest BCUT2D eigenvalue weighted by Crippen LogP contribution is -2.56. The molecule has 0 saturated carbocycles. The van der Waals surface area contributed by atoms with Crippen molar-refractivity contribution in [1.82, 2.24) is 0 Å². The SMILES string of the molecule is Cc1cc(C)c(B(c2ccc3c(c2)C(C)(C)c2cc(-c4ccc(C(=C(c5ccccc5)c5ccccc5)c5ccccc5)cc4)ccc2-3)c2c(C)cc(C)cc2C)c(C)c1. The minimum absolute atomic E-state index is 0.143. The summed E-state index contributed by atoms with van der Waals surface area (Å²) in [5, 5.41) is 0. The first-order chi connectivity index (χ1) is 29.0. The molecule has 1 aliphatic rings. The number of fused-ring (bicyclic) bond motifs is 3. The second-order valence-electron chi connectivity index (χ2n) is 17.7. The van der Waals surface area contributed by atoms with Crippen molar-refractivity contribution >= 4 is 34.2 Å². The van der Waals surface area contributed by atoms with E-state index in [1.165, 1.54) is 117 Å². The van der Waals surface area contributed by atoms with Gasteiger partial charge in [0.1, 0.15) is 0 Å². The van der Waals surface area contributed by atoms with Gasteiger partial charge in [0.2, 0.25) is 6.71 Å². The quantitative estimate of drug-likeness (QED) is 0.107. The molecule has 0 radical (unpaired) electrons. The highest BCUT2D eigenvalue weighted by molar-refractivity contribution is 6.96. The second-order valence-corrected chi connectivity index (χ2v) is 17.7. The van der Waals surface area contributed by atoms with Crippen molar-refractivity contribution in [2.75, 3.05) is 0 Å². The lowest BCUT2D eigenvalue weighted by atomic mass is 9.34. The van der Waals surface area contributed by atoms with E-state index < -0.39 is 0 Å². The maximum absolute atomic E-state index is 2.54. The standard InChI is InChI=1S/C59H53B/c1-38-32-40(3)57(41(4)33-38)60(58-42(5)34-39(2)35-43(58)6)50-29-31-52-51-30-28-49(36-53(51)59(7,8)54(52)37-50)44-24-26-48(27-25-44)56(47-22-16-11-17-23-47)55(45-18-12-9-13-19-45)46-20-14-10-15-21-46/h9-37H,1-8H3. The van der Waals surface area contributed by atoms with Gasteiger partial charge in [0.25, 0.3) is 0 Å². The van der Waals surface area contributed by atoms with Crippen molar-refractivity contribution in [3.63, 3.8) is 0 Å². The molecule has 0 bridgehead atoms. The Morgan fingerprint density at radius 3 is 1.17 bits per heavy atom. The molecule has 60 heavy (non-hydrogen) atoms. The first-order valence-corrected chi connectivity index (χ1v) is 21.5. The van der Waals surface area contributed by atoms with Crippen molar-refractivity contribution in [3.8, 4) is 22.3 Å². The Bertz CT molecular complexity index is 2770. The van der Waals surface area contributed by atoms with Crippen LogP contribution in [0.1, 0.15) is 80.6 Å². The molecular weight excluding hydrogens is 719 g/mol. The van der Waals surface area contributed by atoms with Crippen LogP contribution in [-0.4, -0.2) is 6.71 Å². The van der Waals surface area contributed by atoms with Crippen molar-refractivity contribution in [2.45, 2.75) is 60.8 Å². The summed E-state index contributed by atoms with van der Waals surface area (Å²) < 4.78 is 0. The minimum atomic E-state index is -0.167. The minimum Gasteiger partial charge on any atom is -0.0683 e. The molecule has 292 valence electrons. The summed E-state index contributed by atoms with van der Waals surface area (Å²) in [6, 6.07) is 65.6.